The summed E-state index contributed by atoms with van der Waals surface area (Å²) in [4.78, 5) is 2.15. The number of rotatable bonds is 7. The van der Waals surface area contributed by atoms with Crippen molar-refractivity contribution in [3.63, 3.8) is 0 Å². The second-order valence-corrected chi connectivity index (χ2v) is 5.05. The lowest BCUT2D eigenvalue weighted by atomic mass is 10.1. The van der Waals surface area contributed by atoms with Crippen LogP contribution in [0.4, 0.5) is 8.78 Å². The van der Waals surface area contributed by atoms with Gasteiger partial charge in [-0.25, -0.2) is 8.78 Å². The third-order valence-electron chi connectivity index (χ3n) is 3.40. The van der Waals surface area contributed by atoms with Gasteiger partial charge >= 0.3 is 0 Å². The molecule has 2 nitrogen and oxygen atoms in total. The molecule has 0 heterocycles. The third kappa shape index (κ3) is 5.72. The molecular formula is C17H21ClF2N2. The van der Waals surface area contributed by atoms with Crippen LogP contribution in [-0.4, -0.2) is 24.5 Å². The van der Waals surface area contributed by atoms with Crippen molar-refractivity contribution in [2.75, 3.05) is 19.6 Å². The molecule has 0 aliphatic rings. The van der Waals surface area contributed by atoms with Gasteiger partial charge in [0.05, 0.1) is 0 Å². The van der Waals surface area contributed by atoms with Gasteiger partial charge < -0.3 is 5.73 Å². The van der Waals surface area contributed by atoms with Gasteiger partial charge in [0, 0.05) is 26.2 Å². The Morgan fingerprint density at radius 2 is 1.59 bits per heavy atom. The first-order chi connectivity index (χ1) is 10.2. The van der Waals surface area contributed by atoms with Gasteiger partial charge in [0.15, 0.2) is 11.6 Å². The van der Waals surface area contributed by atoms with Crippen molar-refractivity contribution < 1.29 is 8.78 Å². The maximum Gasteiger partial charge on any atom is 0.159 e. The maximum atomic E-state index is 13.2. The van der Waals surface area contributed by atoms with E-state index < -0.39 is 11.6 Å². The monoisotopic (exact) mass is 326 g/mol. The van der Waals surface area contributed by atoms with Gasteiger partial charge in [-0.05, 0) is 29.7 Å². The van der Waals surface area contributed by atoms with Crippen molar-refractivity contribution in [2.24, 2.45) is 5.73 Å². The molecule has 0 aliphatic heterocycles. The normalized spacial score (nSPS) is 10.5. The lowest BCUT2D eigenvalue weighted by Crippen LogP contribution is -2.31. The van der Waals surface area contributed by atoms with Crippen molar-refractivity contribution in [1.82, 2.24) is 4.90 Å². The van der Waals surface area contributed by atoms with Gasteiger partial charge in [-0.2, -0.15) is 0 Å². The highest BCUT2D eigenvalue weighted by Crippen LogP contribution is 2.11. The van der Waals surface area contributed by atoms with E-state index >= 15 is 0 Å². The Balaban J connectivity index is 0.00000242. The Hall–Kier alpha value is -1.49. The van der Waals surface area contributed by atoms with Crippen molar-refractivity contribution in [1.29, 1.82) is 0 Å². The molecule has 2 aromatic rings. The molecule has 0 radical (unpaired) electrons. The summed E-state index contributed by atoms with van der Waals surface area (Å²) in [5.41, 5.74) is 7.64. The average molecular weight is 327 g/mol. The van der Waals surface area contributed by atoms with E-state index in [4.69, 9.17) is 5.73 Å². The first-order valence-corrected chi connectivity index (χ1v) is 7.09. The maximum absolute atomic E-state index is 13.2. The molecule has 5 heteroatoms. The van der Waals surface area contributed by atoms with Crippen molar-refractivity contribution >= 4 is 12.4 Å². The zero-order valence-electron chi connectivity index (χ0n) is 12.3. The van der Waals surface area contributed by atoms with Crippen LogP contribution in [0.2, 0.25) is 0 Å². The van der Waals surface area contributed by atoms with E-state index in [0.717, 1.165) is 25.1 Å². The zero-order chi connectivity index (χ0) is 15.1. The van der Waals surface area contributed by atoms with E-state index in [1.165, 1.54) is 17.7 Å². The standard InChI is InChI=1S/C17H20F2N2.ClH/c18-16-7-6-15(12-17(16)19)13-21(11-9-20)10-8-14-4-2-1-3-5-14;/h1-7,12H,8-11,13,20H2;1H. The van der Waals surface area contributed by atoms with E-state index in [9.17, 15) is 8.78 Å². The average Bonchev–Trinajstić information content (AvgIpc) is 2.50. The summed E-state index contributed by atoms with van der Waals surface area (Å²) < 4.78 is 26.2. The van der Waals surface area contributed by atoms with Gasteiger partial charge in [-0.3, -0.25) is 4.90 Å². The fourth-order valence-corrected chi connectivity index (χ4v) is 2.28. The molecule has 0 saturated carbocycles. The number of benzene rings is 2. The predicted octanol–water partition coefficient (Wildman–Crippen LogP) is 3.39. The highest BCUT2D eigenvalue weighted by Gasteiger charge is 2.08. The van der Waals surface area contributed by atoms with Gasteiger partial charge in [0.25, 0.3) is 0 Å². The first-order valence-electron chi connectivity index (χ1n) is 7.09. The van der Waals surface area contributed by atoms with E-state index in [0.29, 0.717) is 13.1 Å². The first kappa shape index (κ1) is 18.6. The summed E-state index contributed by atoms with van der Waals surface area (Å²) >= 11 is 0. The van der Waals surface area contributed by atoms with Crippen LogP contribution in [0.15, 0.2) is 48.5 Å². The minimum absolute atomic E-state index is 0. The Kier molecular flexibility index (Phi) is 8.02. The fourth-order valence-electron chi connectivity index (χ4n) is 2.28. The molecular weight excluding hydrogens is 306 g/mol. The molecule has 0 spiro atoms. The number of nitrogens with two attached hydrogens (primary N) is 1. The summed E-state index contributed by atoms with van der Waals surface area (Å²) in [6.45, 7) is 2.67. The molecule has 0 aromatic heterocycles. The number of halogens is 3. The molecule has 0 atom stereocenters. The summed E-state index contributed by atoms with van der Waals surface area (Å²) in [7, 11) is 0. The van der Waals surface area contributed by atoms with Gasteiger partial charge in [-0.15, -0.1) is 12.4 Å². The van der Waals surface area contributed by atoms with Crippen LogP contribution in [0.3, 0.4) is 0 Å². The second kappa shape index (κ2) is 9.51. The molecule has 0 amide bonds. The minimum Gasteiger partial charge on any atom is -0.329 e. The van der Waals surface area contributed by atoms with Crippen LogP contribution in [0.5, 0.6) is 0 Å². The van der Waals surface area contributed by atoms with E-state index in [1.807, 2.05) is 18.2 Å². The third-order valence-corrected chi connectivity index (χ3v) is 3.40. The van der Waals surface area contributed by atoms with Crippen molar-refractivity contribution in [3.8, 4) is 0 Å². The van der Waals surface area contributed by atoms with Crippen LogP contribution in [0.1, 0.15) is 11.1 Å². The van der Waals surface area contributed by atoms with Crippen LogP contribution < -0.4 is 5.73 Å². The SMILES string of the molecule is Cl.NCCN(CCc1ccccc1)Cc1ccc(F)c(F)c1. The summed E-state index contributed by atoms with van der Waals surface area (Å²) in [6.07, 6.45) is 0.907. The van der Waals surface area contributed by atoms with Crippen LogP contribution >= 0.6 is 12.4 Å². The topological polar surface area (TPSA) is 29.3 Å². The quantitative estimate of drug-likeness (QED) is 0.845. The molecule has 0 saturated heterocycles. The smallest absolute Gasteiger partial charge is 0.159 e. The van der Waals surface area contributed by atoms with Gasteiger partial charge in [0.2, 0.25) is 0 Å². The van der Waals surface area contributed by atoms with E-state index in [2.05, 4.69) is 17.0 Å². The van der Waals surface area contributed by atoms with Gasteiger partial charge in [-0.1, -0.05) is 36.4 Å². The summed E-state index contributed by atoms with van der Waals surface area (Å²) in [5, 5.41) is 0. The molecule has 0 aliphatic carbocycles. The Bertz CT molecular complexity index is 564. The lowest BCUT2D eigenvalue weighted by Gasteiger charge is -2.21. The molecule has 22 heavy (non-hydrogen) atoms. The predicted molar refractivity (Wildman–Crippen MR) is 88.1 cm³/mol. The minimum atomic E-state index is -0.812. The lowest BCUT2D eigenvalue weighted by molar-refractivity contribution is 0.276. The second-order valence-electron chi connectivity index (χ2n) is 5.05. The highest BCUT2D eigenvalue weighted by atomic mass is 35.5. The highest BCUT2D eigenvalue weighted by molar-refractivity contribution is 5.85. The molecule has 2 aromatic carbocycles. The Morgan fingerprint density at radius 1 is 0.864 bits per heavy atom. The Labute approximate surface area is 136 Å². The van der Waals surface area contributed by atoms with Gasteiger partial charge in [0.1, 0.15) is 0 Å². The zero-order valence-corrected chi connectivity index (χ0v) is 13.2. The molecule has 120 valence electrons. The van der Waals surface area contributed by atoms with Crippen LogP contribution in [0.25, 0.3) is 0 Å². The van der Waals surface area contributed by atoms with Crippen LogP contribution in [0, 0.1) is 11.6 Å². The summed E-state index contributed by atoms with van der Waals surface area (Å²) in [6, 6.07) is 14.2. The molecule has 0 unspecified atom stereocenters. The van der Waals surface area contributed by atoms with Crippen molar-refractivity contribution in [2.45, 2.75) is 13.0 Å². The summed E-state index contributed by atoms with van der Waals surface area (Å²) in [5.74, 6) is -1.61. The van der Waals surface area contributed by atoms with Crippen LogP contribution in [-0.2, 0) is 13.0 Å². The Morgan fingerprint density at radius 3 is 2.23 bits per heavy atom. The number of hydrogen-bond acceptors (Lipinski definition) is 2. The molecule has 2 N–H and O–H groups in total. The molecule has 2 rings (SSSR count). The number of hydrogen-bond donors (Lipinski definition) is 1. The number of nitrogens with zero attached hydrogens (tertiary/aromatic N) is 1. The largest absolute Gasteiger partial charge is 0.329 e. The molecule has 0 bridgehead atoms. The van der Waals surface area contributed by atoms with E-state index in [-0.39, 0.29) is 12.4 Å². The van der Waals surface area contributed by atoms with E-state index in [1.54, 1.807) is 6.07 Å². The molecule has 0 fully saturated rings. The fraction of sp³-hybridized carbons (Fsp3) is 0.294. The van der Waals surface area contributed by atoms with Crippen molar-refractivity contribution in [3.05, 3.63) is 71.3 Å².